The van der Waals surface area contributed by atoms with Gasteiger partial charge in [-0.05, 0) is 49.1 Å². The summed E-state index contributed by atoms with van der Waals surface area (Å²) in [6.45, 7) is 1.99. The number of aliphatic hydroxyl groups excluding tert-OH is 1. The number of aliphatic hydroxyl groups is 1. The predicted octanol–water partition coefficient (Wildman–Crippen LogP) is 4.21. The minimum Gasteiger partial charge on any atom is -0.388 e. The Morgan fingerprint density at radius 1 is 1.00 bits per heavy atom. The first-order chi connectivity index (χ1) is 10.2. The van der Waals surface area contributed by atoms with Crippen molar-refractivity contribution in [2.24, 2.45) is 0 Å². The van der Waals surface area contributed by atoms with E-state index in [0.29, 0.717) is 0 Å². The lowest BCUT2D eigenvalue weighted by atomic mass is 10.00. The van der Waals surface area contributed by atoms with Crippen LogP contribution in [0.5, 0.6) is 0 Å². The van der Waals surface area contributed by atoms with Crippen LogP contribution in [0.15, 0.2) is 60.7 Å². The van der Waals surface area contributed by atoms with Gasteiger partial charge in [-0.1, -0.05) is 42.5 Å². The standard InChI is InChI=1S/C19H19NO/c1-14-7-9-16-13-17(10-11-18(16)20-14)19(21)12-8-15-5-3-2-4-6-15/h2-7,9-11,13,19,21H,8,12H2,1H3. The van der Waals surface area contributed by atoms with E-state index in [1.807, 2.05) is 49.4 Å². The highest BCUT2D eigenvalue weighted by Gasteiger charge is 2.09. The molecule has 1 aromatic heterocycles. The van der Waals surface area contributed by atoms with Crippen molar-refractivity contribution in [3.05, 3.63) is 77.5 Å². The molecule has 2 heteroatoms. The quantitative estimate of drug-likeness (QED) is 0.775. The van der Waals surface area contributed by atoms with E-state index in [9.17, 15) is 5.11 Å². The molecule has 0 fully saturated rings. The largest absolute Gasteiger partial charge is 0.388 e. The molecular formula is C19H19NO. The molecular weight excluding hydrogens is 258 g/mol. The number of aromatic nitrogens is 1. The van der Waals surface area contributed by atoms with Gasteiger partial charge in [0.25, 0.3) is 0 Å². The normalized spacial score (nSPS) is 12.5. The van der Waals surface area contributed by atoms with Gasteiger partial charge in [0.1, 0.15) is 0 Å². The van der Waals surface area contributed by atoms with E-state index in [1.54, 1.807) is 0 Å². The molecule has 0 bridgehead atoms. The molecule has 1 atom stereocenters. The number of rotatable bonds is 4. The van der Waals surface area contributed by atoms with E-state index in [4.69, 9.17) is 0 Å². The highest BCUT2D eigenvalue weighted by atomic mass is 16.3. The summed E-state index contributed by atoms with van der Waals surface area (Å²) in [7, 11) is 0. The SMILES string of the molecule is Cc1ccc2cc(C(O)CCc3ccccc3)ccc2n1. The second-order valence-electron chi connectivity index (χ2n) is 5.44. The lowest BCUT2D eigenvalue weighted by molar-refractivity contribution is 0.168. The van der Waals surface area contributed by atoms with Gasteiger partial charge in [0.2, 0.25) is 0 Å². The lowest BCUT2D eigenvalue weighted by Gasteiger charge is -2.12. The zero-order chi connectivity index (χ0) is 14.7. The van der Waals surface area contributed by atoms with Gasteiger partial charge in [0, 0.05) is 11.1 Å². The van der Waals surface area contributed by atoms with Crippen LogP contribution in [-0.4, -0.2) is 10.1 Å². The minimum atomic E-state index is -0.434. The third-order valence-corrected chi connectivity index (χ3v) is 3.79. The fraction of sp³-hybridized carbons (Fsp3) is 0.211. The zero-order valence-corrected chi connectivity index (χ0v) is 12.2. The molecule has 0 spiro atoms. The van der Waals surface area contributed by atoms with Gasteiger partial charge < -0.3 is 5.11 Å². The summed E-state index contributed by atoms with van der Waals surface area (Å²) in [5, 5.41) is 11.5. The number of benzene rings is 2. The van der Waals surface area contributed by atoms with Gasteiger partial charge in [-0.2, -0.15) is 0 Å². The number of aryl methyl sites for hydroxylation is 2. The van der Waals surface area contributed by atoms with Crippen molar-refractivity contribution in [1.29, 1.82) is 0 Å². The Balaban J connectivity index is 1.75. The minimum absolute atomic E-state index is 0.434. The van der Waals surface area contributed by atoms with Crippen molar-refractivity contribution < 1.29 is 5.11 Å². The van der Waals surface area contributed by atoms with Gasteiger partial charge in [-0.3, -0.25) is 4.98 Å². The molecule has 0 saturated heterocycles. The first-order valence-corrected chi connectivity index (χ1v) is 7.32. The summed E-state index contributed by atoms with van der Waals surface area (Å²) in [4.78, 5) is 4.49. The summed E-state index contributed by atoms with van der Waals surface area (Å²) in [5.74, 6) is 0. The Kier molecular flexibility index (Phi) is 3.98. The summed E-state index contributed by atoms with van der Waals surface area (Å²) >= 11 is 0. The van der Waals surface area contributed by atoms with Crippen LogP contribution in [0.1, 0.15) is 29.3 Å². The molecule has 2 nitrogen and oxygen atoms in total. The molecule has 106 valence electrons. The van der Waals surface area contributed by atoms with E-state index in [0.717, 1.165) is 35.0 Å². The lowest BCUT2D eigenvalue weighted by Crippen LogP contribution is -2.00. The van der Waals surface area contributed by atoms with Gasteiger partial charge >= 0.3 is 0 Å². The zero-order valence-electron chi connectivity index (χ0n) is 12.2. The van der Waals surface area contributed by atoms with Gasteiger partial charge in [-0.25, -0.2) is 0 Å². The highest BCUT2D eigenvalue weighted by molar-refractivity contribution is 5.79. The molecule has 0 aliphatic carbocycles. The molecule has 2 aromatic carbocycles. The summed E-state index contributed by atoms with van der Waals surface area (Å²) < 4.78 is 0. The Hall–Kier alpha value is -2.19. The second kappa shape index (κ2) is 6.06. The Morgan fingerprint density at radius 3 is 2.62 bits per heavy atom. The summed E-state index contributed by atoms with van der Waals surface area (Å²) in [6.07, 6.45) is 1.18. The van der Waals surface area contributed by atoms with Crippen LogP contribution in [0.3, 0.4) is 0 Å². The maximum Gasteiger partial charge on any atom is 0.0793 e. The molecule has 0 amide bonds. The van der Waals surface area contributed by atoms with Crippen molar-refractivity contribution >= 4 is 10.9 Å². The van der Waals surface area contributed by atoms with E-state index < -0.39 is 6.10 Å². The van der Waals surface area contributed by atoms with Crippen LogP contribution >= 0.6 is 0 Å². The number of nitrogens with zero attached hydrogens (tertiary/aromatic N) is 1. The fourth-order valence-corrected chi connectivity index (χ4v) is 2.57. The molecule has 1 heterocycles. The third kappa shape index (κ3) is 3.29. The number of fused-ring (bicyclic) bond motifs is 1. The first kappa shape index (κ1) is 13.8. The first-order valence-electron chi connectivity index (χ1n) is 7.32. The van der Waals surface area contributed by atoms with Crippen LogP contribution < -0.4 is 0 Å². The smallest absolute Gasteiger partial charge is 0.0793 e. The molecule has 0 aliphatic heterocycles. The van der Waals surface area contributed by atoms with E-state index in [1.165, 1.54) is 5.56 Å². The van der Waals surface area contributed by atoms with Crippen LogP contribution in [0.4, 0.5) is 0 Å². The Morgan fingerprint density at radius 2 is 1.81 bits per heavy atom. The monoisotopic (exact) mass is 277 g/mol. The number of hydrogen-bond acceptors (Lipinski definition) is 2. The number of pyridine rings is 1. The average Bonchev–Trinajstić information content (AvgIpc) is 2.53. The van der Waals surface area contributed by atoms with E-state index >= 15 is 0 Å². The fourth-order valence-electron chi connectivity index (χ4n) is 2.57. The van der Waals surface area contributed by atoms with Gasteiger partial charge in [-0.15, -0.1) is 0 Å². The molecule has 0 aliphatic rings. The van der Waals surface area contributed by atoms with E-state index in [2.05, 4.69) is 23.2 Å². The van der Waals surface area contributed by atoms with Crippen molar-refractivity contribution in [2.45, 2.75) is 25.9 Å². The molecule has 3 rings (SSSR count). The maximum absolute atomic E-state index is 10.4. The summed E-state index contributed by atoms with van der Waals surface area (Å²) in [6, 6.07) is 20.3. The molecule has 3 aromatic rings. The molecule has 1 N–H and O–H groups in total. The van der Waals surface area contributed by atoms with E-state index in [-0.39, 0.29) is 0 Å². The van der Waals surface area contributed by atoms with Crippen molar-refractivity contribution in [3.63, 3.8) is 0 Å². The average molecular weight is 277 g/mol. The van der Waals surface area contributed by atoms with Gasteiger partial charge in [0.15, 0.2) is 0 Å². The topological polar surface area (TPSA) is 33.1 Å². The molecule has 0 radical (unpaired) electrons. The third-order valence-electron chi connectivity index (χ3n) is 3.79. The predicted molar refractivity (Wildman–Crippen MR) is 86.2 cm³/mol. The Labute approximate surface area is 125 Å². The highest BCUT2D eigenvalue weighted by Crippen LogP contribution is 2.23. The van der Waals surface area contributed by atoms with Gasteiger partial charge in [0.05, 0.1) is 11.6 Å². The number of hydrogen-bond donors (Lipinski definition) is 1. The van der Waals surface area contributed by atoms with Crippen molar-refractivity contribution in [2.75, 3.05) is 0 Å². The van der Waals surface area contributed by atoms with Crippen LogP contribution in [-0.2, 0) is 6.42 Å². The molecule has 1 unspecified atom stereocenters. The molecule has 0 saturated carbocycles. The molecule has 21 heavy (non-hydrogen) atoms. The van der Waals surface area contributed by atoms with Crippen LogP contribution in [0, 0.1) is 6.92 Å². The second-order valence-corrected chi connectivity index (χ2v) is 5.44. The van der Waals surface area contributed by atoms with Crippen LogP contribution in [0.2, 0.25) is 0 Å². The van der Waals surface area contributed by atoms with Crippen molar-refractivity contribution in [1.82, 2.24) is 4.98 Å². The van der Waals surface area contributed by atoms with Crippen LogP contribution in [0.25, 0.3) is 10.9 Å². The summed E-state index contributed by atoms with van der Waals surface area (Å²) in [5.41, 5.74) is 4.22. The Bertz CT molecular complexity index is 737. The van der Waals surface area contributed by atoms with Crippen molar-refractivity contribution in [3.8, 4) is 0 Å². The maximum atomic E-state index is 10.4.